The molecule has 5 heterocycles. The van der Waals surface area contributed by atoms with Gasteiger partial charge in [-0.15, -0.1) is 0 Å². The Bertz CT molecular complexity index is 5240. The number of morpholine rings is 4. The molecule has 4 aliphatic rings. The number of hydrogen-bond acceptors (Lipinski definition) is 17. The van der Waals surface area contributed by atoms with Gasteiger partial charge in [-0.25, -0.2) is 18.6 Å². The fraction of sp³-hybridized carbons (Fsp3) is 0.362. The number of nitriles is 1. The zero-order valence-corrected chi connectivity index (χ0v) is 81.7. The smallest absolute Gasteiger partial charge is 0.419 e. The van der Waals surface area contributed by atoms with Crippen molar-refractivity contribution in [2.24, 2.45) is 0 Å². The molecule has 0 atom stereocenters. The van der Waals surface area contributed by atoms with Gasteiger partial charge in [0.25, 0.3) is 6.43 Å². The summed E-state index contributed by atoms with van der Waals surface area (Å²) in [5, 5.41) is 20.2. The maximum atomic E-state index is 13.4. The van der Waals surface area contributed by atoms with Crippen LogP contribution in [0.4, 0.5) is 141 Å². The van der Waals surface area contributed by atoms with Crippen LogP contribution < -0.4 is 36.4 Å². The first-order chi connectivity index (χ1) is 62.0. The third-order valence-corrected chi connectivity index (χ3v) is 23.0. The highest BCUT2D eigenvalue weighted by atomic mass is 79.9. The average molecular weight is 2420 g/mol. The Morgan fingerprint density at radius 1 is 0.470 bits per heavy atom. The number of aliphatic carboxylic acids is 1. The van der Waals surface area contributed by atoms with Gasteiger partial charge in [0.05, 0.1) is 179 Å². The van der Waals surface area contributed by atoms with Gasteiger partial charge in [-0.2, -0.15) is 97.5 Å². The molecule has 0 unspecified atom stereocenters. The number of carboxylic acids is 1. The first-order valence-corrected chi connectivity index (χ1v) is 44.2. The maximum absolute atomic E-state index is 13.4. The highest BCUT2D eigenvalue weighted by molar-refractivity contribution is 9.11. The summed E-state index contributed by atoms with van der Waals surface area (Å²) in [5.74, 6) is -2.00. The molecule has 4 fully saturated rings. The van der Waals surface area contributed by atoms with Crippen molar-refractivity contribution in [2.75, 3.05) is 155 Å². The van der Waals surface area contributed by atoms with Gasteiger partial charge in [0.15, 0.2) is 5.69 Å². The van der Waals surface area contributed by atoms with E-state index in [2.05, 4.69) is 94.7 Å². The summed E-state index contributed by atoms with van der Waals surface area (Å²) in [6.45, 7) is 5.22. The van der Waals surface area contributed by atoms with Crippen LogP contribution in [0.3, 0.4) is 0 Å². The molecule has 6 N–H and O–H groups in total. The van der Waals surface area contributed by atoms with Crippen molar-refractivity contribution in [1.29, 1.82) is 5.26 Å². The molecule has 0 amide bonds. The molecule has 54 heteroatoms. The summed E-state index contributed by atoms with van der Waals surface area (Å²) in [4.78, 5) is 43.0. The molecule has 12 rings (SSSR count). The largest absolute Gasteiger partial charge is 0.481 e. The summed E-state index contributed by atoms with van der Waals surface area (Å²) < 4.78 is 318. The monoisotopic (exact) mass is 2410 g/mol. The van der Waals surface area contributed by atoms with E-state index in [0.717, 1.165) is 36.4 Å². The first-order valence-electron chi connectivity index (χ1n) is 37.3. The van der Waals surface area contributed by atoms with E-state index in [0.29, 0.717) is 105 Å². The van der Waals surface area contributed by atoms with Gasteiger partial charge in [0.2, 0.25) is 5.24 Å². The van der Waals surface area contributed by atoms with E-state index in [1.54, 1.807) is 26.8 Å². The van der Waals surface area contributed by atoms with Crippen LogP contribution in [-0.2, 0) is 95.8 Å². The molecule has 0 aliphatic carbocycles. The van der Waals surface area contributed by atoms with E-state index in [9.17, 15) is 115 Å². The topological polar surface area (TPSA) is 231 Å². The minimum absolute atomic E-state index is 0.000602. The van der Waals surface area contributed by atoms with Crippen molar-refractivity contribution >= 4 is 229 Å². The van der Waals surface area contributed by atoms with Crippen molar-refractivity contribution in [3.8, 4) is 6.07 Å². The van der Waals surface area contributed by atoms with Crippen LogP contribution in [0.5, 0.6) is 0 Å². The molecule has 4 saturated heterocycles. The Morgan fingerprint density at radius 2 is 0.806 bits per heavy atom. The van der Waals surface area contributed by atoms with Gasteiger partial charge in [-0.1, -0.05) is 145 Å². The lowest BCUT2D eigenvalue weighted by Crippen LogP contribution is -2.37. The van der Waals surface area contributed by atoms with Crippen LogP contribution in [0.1, 0.15) is 66.1 Å². The maximum Gasteiger partial charge on any atom is 0.419 e. The molecule has 8 aromatic rings. The quantitative estimate of drug-likeness (QED) is 0.0364. The van der Waals surface area contributed by atoms with E-state index in [1.165, 1.54) is 72.8 Å². The number of nitrogens with zero attached hydrogens (tertiary/aromatic N) is 6. The number of carbonyl (C=O) groups excluding carboxylic acids is 2. The van der Waals surface area contributed by atoms with Crippen molar-refractivity contribution in [1.82, 2.24) is 4.98 Å². The van der Waals surface area contributed by atoms with Crippen LogP contribution in [0.2, 0.25) is 35.2 Å². The zero-order valence-electron chi connectivity index (χ0n) is 67.7. The number of pyridine rings is 1. The molecular formula is C80H67Br5Cl8F23N9O9. The first kappa shape index (κ1) is 118. The van der Waals surface area contributed by atoms with Gasteiger partial charge >= 0.3 is 55.2 Å². The standard InChI is InChI=1S/C13H12Cl2F3NO2.C13H12ClF3N2O.C13H13ClF3NO3.C11H10BrClF3NO.C9H10F2N2O2.C7H3Br2ClF3N.C7H2Br2ClF3.C7H5ClF3N/c14-9-5-8(6-11(15)20)12(13(16,17)18)10(7-9)19-1-3-21-4-2-19;14-10-7-9(1-2-18)12(13(15,16)17)11(8-10)19-3-5-20-6-4-19;14-9-5-8(6-11(19)20)12(13(15,16)17)10(7-9)18-1-3-21-4-2-18;12-8-5-7(13)6-9(10(8)11(14,15)16)17-1-3-18-4-2-17;1-15-9(14)8-6(3-2-4-12-8)13-5-7(10)11;8-2-1-3(10)6(14)5(9)4(2)7(11,12)13;8-4-1-3(10)2-5(9)6(4)7(11,12)13;8-5-2-1-4(3-6(5)12)7(9,10)11/h5,7H,1-4,6H2;7-8H,1,3-6H2;5,7H,1-4,6H2,(H,19,20);5-6H,1-4H2;2-4,7,13H,5H2,1H3;1H,14H2;1-2H;1-3H,12H2. The molecule has 0 bridgehead atoms. The van der Waals surface area contributed by atoms with Crippen molar-refractivity contribution in [2.45, 2.75) is 68.9 Å². The number of halogens is 36. The molecule has 18 nitrogen and oxygen atoms in total. The molecule has 4 aliphatic heterocycles. The SMILES string of the molecule is COC(=O)c1ncccc1NCC(F)F.FC(F)(F)c1c(Br)cc(Cl)cc1Br.FC(F)(F)c1c(Br)cc(Cl)cc1N1CCOCC1.N#CCc1cc(Cl)cc(N2CCOCC2)c1C(F)(F)F.Nc1c(Cl)cc(Br)c(C(F)(F)F)c1Br.Nc1cc(C(F)(F)F)ccc1Cl.O=C(Cl)Cc1cc(Cl)cc(N2CCOCC2)c1C(F)(F)F.O=C(O)Cc1cc(Cl)cc(N2CCOCC2)c1C(F)(F)F. The second-order valence-electron chi connectivity index (χ2n) is 27.1. The zero-order chi connectivity index (χ0) is 101. The number of anilines is 7. The lowest BCUT2D eigenvalue weighted by molar-refractivity contribution is -0.140. The fourth-order valence-electron chi connectivity index (χ4n) is 12.2. The molecule has 0 spiro atoms. The third kappa shape index (κ3) is 36.8. The van der Waals surface area contributed by atoms with Gasteiger partial charge in [-0.3, -0.25) is 9.59 Å². The van der Waals surface area contributed by atoms with E-state index in [1.807, 2.05) is 0 Å². The fourth-order valence-corrected chi connectivity index (χ4v) is 18.3. The minimum atomic E-state index is -4.65. The summed E-state index contributed by atoms with van der Waals surface area (Å²) in [6.07, 6.45) is -34.1. The number of carboxylic acid groups (broad SMARTS) is 1. The van der Waals surface area contributed by atoms with Gasteiger partial charge in [0, 0.05) is 108 Å². The number of aromatic nitrogens is 1. The van der Waals surface area contributed by atoms with Crippen molar-refractivity contribution in [3.63, 3.8) is 0 Å². The number of esters is 1. The number of methoxy groups -OCH3 is 1. The summed E-state index contributed by atoms with van der Waals surface area (Å²) in [6, 6.07) is 20.9. The second kappa shape index (κ2) is 52.6. The molecule has 738 valence electrons. The normalized spacial score (nSPS) is 14.3. The number of alkyl halides is 23. The average Bonchev–Trinajstić information content (AvgIpc) is 0.782. The van der Waals surface area contributed by atoms with Gasteiger partial charge in [0.1, 0.15) is 0 Å². The van der Waals surface area contributed by atoms with E-state index < -0.39 is 125 Å². The lowest BCUT2D eigenvalue weighted by Gasteiger charge is -2.32. The van der Waals surface area contributed by atoms with Crippen LogP contribution in [0, 0.1) is 11.3 Å². The number of ether oxygens (including phenoxy) is 5. The number of nitrogens with two attached hydrogens (primary N) is 2. The molecule has 134 heavy (non-hydrogen) atoms. The summed E-state index contributed by atoms with van der Waals surface area (Å²) in [5.41, 5.74) is 4.31. The Morgan fingerprint density at radius 3 is 1.14 bits per heavy atom. The molecular weight excluding hydrogens is 2350 g/mol. The van der Waals surface area contributed by atoms with E-state index in [4.69, 9.17) is 134 Å². The summed E-state index contributed by atoms with van der Waals surface area (Å²) in [7, 11) is 1.20. The van der Waals surface area contributed by atoms with E-state index in [-0.39, 0.29) is 126 Å². The number of benzene rings is 7. The Kier molecular flexibility index (Phi) is 46.2. The van der Waals surface area contributed by atoms with Crippen LogP contribution in [0.15, 0.2) is 126 Å². The number of nitrogen functional groups attached to an aromatic ring is 2. The molecule has 0 saturated carbocycles. The van der Waals surface area contributed by atoms with Gasteiger partial charge in [-0.05, 0) is 141 Å². The lowest BCUT2D eigenvalue weighted by atomic mass is 10.0. The Hall–Kier alpha value is -6.66. The number of rotatable bonds is 13. The highest BCUT2D eigenvalue weighted by Crippen LogP contribution is 2.50. The number of nitrogens with one attached hydrogen (secondary N) is 1. The molecule has 0 radical (unpaired) electrons. The number of carbonyl (C=O) groups is 3. The minimum Gasteiger partial charge on any atom is -0.481 e. The van der Waals surface area contributed by atoms with Crippen molar-refractivity contribution < 1.29 is 144 Å². The van der Waals surface area contributed by atoms with E-state index >= 15 is 0 Å². The Labute approximate surface area is 829 Å². The predicted molar refractivity (Wildman–Crippen MR) is 480 cm³/mol. The summed E-state index contributed by atoms with van der Waals surface area (Å²) >= 11 is 59.4. The Balaban J connectivity index is 0.000000273. The third-order valence-electron chi connectivity index (χ3n) is 17.7. The number of hydrogen-bond donors (Lipinski definition) is 4. The highest BCUT2D eigenvalue weighted by Gasteiger charge is 2.44. The van der Waals surface area contributed by atoms with Crippen molar-refractivity contribution in [3.05, 3.63) is 222 Å². The molecule has 7 aromatic carbocycles. The van der Waals surface area contributed by atoms with Gasteiger partial charge < -0.3 is 65.2 Å². The molecule has 1 aromatic heterocycles. The van der Waals surface area contributed by atoms with Crippen LogP contribution >= 0.6 is 172 Å². The van der Waals surface area contributed by atoms with Crippen LogP contribution in [-0.4, -0.2) is 153 Å². The predicted octanol–water partition coefficient (Wildman–Crippen LogP) is 27.4. The van der Waals surface area contributed by atoms with Crippen LogP contribution in [0.25, 0.3) is 0 Å². The second-order valence-corrected chi connectivity index (χ2v) is 34.7.